The van der Waals surface area contributed by atoms with Crippen LogP contribution in [-0.4, -0.2) is 42.5 Å². The number of anilines is 2. The van der Waals surface area contributed by atoms with Gasteiger partial charge >= 0.3 is 0 Å². The number of carbonyl (C=O) groups is 2. The number of amides is 2. The molecule has 0 aliphatic carbocycles. The van der Waals surface area contributed by atoms with Crippen LogP contribution in [0.3, 0.4) is 0 Å². The molecular weight excluding hydrogens is 296 g/mol. The number of nitrogens with one attached hydrogen (secondary N) is 2. The molecule has 2 N–H and O–H groups in total. The Morgan fingerprint density at radius 1 is 1.13 bits per heavy atom. The molecule has 122 valence electrons. The van der Waals surface area contributed by atoms with Crippen LogP contribution < -0.4 is 10.6 Å². The fourth-order valence-electron chi connectivity index (χ4n) is 2.00. The normalized spacial score (nSPS) is 10.7. The summed E-state index contributed by atoms with van der Waals surface area (Å²) in [4.78, 5) is 25.9. The predicted octanol–water partition coefficient (Wildman–Crippen LogP) is 2.04. The Bertz CT molecular complexity index is 722. The zero-order valence-electron chi connectivity index (χ0n) is 13.6. The quantitative estimate of drug-likeness (QED) is 0.881. The van der Waals surface area contributed by atoms with Gasteiger partial charge in [-0.15, -0.1) is 0 Å². The van der Waals surface area contributed by atoms with E-state index in [9.17, 15) is 9.59 Å². The van der Waals surface area contributed by atoms with E-state index < -0.39 is 5.91 Å². The summed E-state index contributed by atoms with van der Waals surface area (Å²) in [5.74, 6) is -0.459. The minimum absolute atomic E-state index is 0.120. The Kier molecular flexibility index (Phi) is 5.13. The highest BCUT2D eigenvalue weighted by atomic mass is 16.5. The Hall–Kier alpha value is -2.67. The molecule has 1 aromatic carbocycles. The van der Waals surface area contributed by atoms with E-state index in [-0.39, 0.29) is 18.2 Å². The number of rotatable bonds is 5. The number of hydrogen-bond donors (Lipinski definition) is 2. The molecule has 0 saturated heterocycles. The lowest BCUT2D eigenvalue weighted by Gasteiger charge is -2.14. The van der Waals surface area contributed by atoms with Gasteiger partial charge in [-0.05, 0) is 45.6 Å². The minimum Gasteiger partial charge on any atom is -0.351 e. The van der Waals surface area contributed by atoms with Gasteiger partial charge in [0.25, 0.3) is 5.91 Å². The standard InChI is InChI=1S/C16H20N4O3/c1-10-5-6-12(17-15(21)9-20(3)4)13(7-10)18-16(22)14-8-11(2)19-23-14/h5-8H,9H2,1-4H3,(H,17,21)(H,18,22). The molecule has 0 aliphatic heterocycles. The lowest BCUT2D eigenvalue weighted by molar-refractivity contribution is -0.116. The van der Waals surface area contributed by atoms with Gasteiger partial charge in [0, 0.05) is 6.07 Å². The van der Waals surface area contributed by atoms with Crippen LogP contribution in [0.1, 0.15) is 21.8 Å². The maximum Gasteiger partial charge on any atom is 0.294 e. The largest absolute Gasteiger partial charge is 0.351 e. The van der Waals surface area contributed by atoms with Crippen molar-refractivity contribution in [1.29, 1.82) is 0 Å². The maximum absolute atomic E-state index is 12.2. The highest BCUT2D eigenvalue weighted by Gasteiger charge is 2.15. The number of nitrogens with zero attached hydrogens (tertiary/aromatic N) is 2. The second-order valence-corrected chi connectivity index (χ2v) is 5.62. The highest BCUT2D eigenvalue weighted by molar-refractivity contribution is 6.06. The molecule has 7 heteroatoms. The fraction of sp³-hybridized carbons (Fsp3) is 0.312. The van der Waals surface area contributed by atoms with Crippen molar-refractivity contribution in [2.24, 2.45) is 0 Å². The lowest BCUT2D eigenvalue weighted by atomic mass is 10.2. The summed E-state index contributed by atoms with van der Waals surface area (Å²) in [6.45, 7) is 3.89. The predicted molar refractivity (Wildman–Crippen MR) is 87.6 cm³/mol. The zero-order valence-corrected chi connectivity index (χ0v) is 13.6. The smallest absolute Gasteiger partial charge is 0.294 e. The molecule has 23 heavy (non-hydrogen) atoms. The molecule has 7 nitrogen and oxygen atoms in total. The summed E-state index contributed by atoms with van der Waals surface area (Å²) < 4.78 is 4.95. The molecule has 0 unspecified atom stereocenters. The van der Waals surface area contributed by atoms with Crippen LogP contribution in [0.5, 0.6) is 0 Å². The third kappa shape index (κ3) is 4.65. The second-order valence-electron chi connectivity index (χ2n) is 5.62. The summed E-state index contributed by atoms with van der Waals surface area (Å²) in [5, 5.41) is 9.22. The van der Waals surface area contributed by atoms with Gasteiger partial charge in [-0.2, -0.15) is 0 Å². The van der Waals surface area contributed by atoms with E-state index in [2.05, 4.69) is 15.8 Å². The minimum atomic E-state index is -0.417. The monoisotopic (exact) mass is 316 g/mol. The SMILES string of the molecule is Cc1ccc(NC(=O)CN(C)C)c(NC(=O)c2cc(C)no2)c1. The van der Waals surface area contributed by atoms with E-state index in [1.807, 2.05) is 27.1 Å². The van der Waals surface area contributed by atoms with Gasteiger partial charge in [0.15, 0.2) is 0 Å². The number of aryl methyl sites for hydroxylation is 2. The number of likely N-dealkylation sites (N-methyl/N-ethyl adjacent to an activating group) is 1. The molecule has 0 atom stereocenters. The number of hydrogen-bond acceptors (Lipinski definition) is 5. The molecular formula is C16H20N4O3. The number of carbonyl (C=O) groups excluding carboxylic acids is 2. The molecule has 1 heterocycles. The third-order valence-electron chi connectivity index (χ3n) is 3.01. The van der Waals surface area contributed by atoms with E-state index in [0.717, 1.165) is 5.56 Å². The summed E-state index contributed by atoms with van der Waals surface area (Å²) in [5.41, 5.74) is 2.63. The Morgan fingerprint density at radius 3 is 2.48 bits per heavy atom. The van der Waals surface area contributed by atoms with Gasteiger partial charge < -0.3 is 20.1 Å². The van der Waals surface area contributed by atoms with Gasteiger partial charge in [0.2, 0.25) is 11.7 Å². The molecule has 0 spiro atoms. The second kappa shape index (κ2) is 7.06. The van der Waals surface area contributed by atoms with Crippen LogP contribution in [0.4, 0.5) is 11.4 Å². The van der Waals surface area contributed by atoms with E-state index in [1.54, 1.807) is 30.0 Å². The van der Waals surface area contributed by atoms with Crippen LogP contribution >= 0.6 is 0 Å². The molecule has 0 radical (unpaired) electrons. The molecule has 0 aliphatic rings. The van der Waals surface area contributed by atoms with Crippen molar-refractivity contribution in [3.63, 3.8) is 0 Å². The van der Waals surface area contributed by atoms with Crippen LogP contribution in [0.15, 0.2) is 28.8 Å². The molecule has 0 bridgehead atoms. The van der Waals surface area contributed by atoms with Crippen LogP contribution in [0, 0.1) is 13.8 Å². The van der Waals surface area contributed by atoms with Gasteiger partial charge in [-0.3, -0.25) is 9.59 Å². The fourth-order valence-corrected chi connectivity index (χ4v) is 2.00. The summed E-state index contributed by atoms with van der Waals surface area (Å²) in [7, 11) is 3.62. The Balaban J connectivity index is 2.18. The van der Waals surface area contributed by atoms with Gasteiger partial charge in [0.05, 0.1) is 23.6 Å². The molecule has 2 amide bonds. The van der Waals surface area contributed by atoms with Crippen LogP contribution in [-0.2, 0) is 4.79 Å². The first-order valence-electron chi connectivity index (χ1n) is 7.15. The Labute approximate surface area is 134 Å². The maximum atomic E-state index is 12.2. The van der Waals surface area contributed by atoms with Crippen molar-refractivity contribution in [3.05, 3.63) is 41.3 Å². The van der Waals surface area contributed by atoms with E-state index in [0.29, 0.717) is 17.1 Å². The van der Waals surface area contributed by atoms with Gasteiger partial charge in [-0.1, -0.05) is 11.2 Å². The van der Waals surface area contributed by atoms with Gasteiger partial charge in [0.1, 0.15) is 0 Å². The summed E-state index contributed by atoms with van der Waals surface area (Å²) in [6.07, 6.45) is 0. The Morgan fingerprint density at radius 2 is 1.87 bits per heavy atom. The van der Waals surface area contributed by atoms with Crippen LogP contribution in [0.2, 0.25) is 0 Å². The van der Waals surface area contributed by atoms with E-state index in [1.165, 1.54) is 0 Å². The lowest BCUT2D eigenvalue weighted by Crippen LogP contribution is -2.27. The first-order chi connectivity index (χ1) is 10.8. The first-order valence-corrected chi connectivity index (χ1v) is 7.15. The third-order valence-corrected chi connectivity index (χ3v) is 3.01. The van der Waals surface area contributed by atoms with Crippen molar-refractivity contribution in [2.45, 2.75) is 13.8 Å². The number of benzene rings is 1. The molecule has 0 saturated carbocycles. The van der Waals surface area contributed by atoms with Crippen molar-refractivity contribution in [3.8, 4) is 0 Å². The average molecular weight is 316 g/mol. The van der Waals surface area contributed by atoms with E-state index in [4.69, 9.17) is 4.52 Å². The molecule has 0 fully saturated rings. The van der Waals surface area contributed by atoms with Crippen molar-refractivity contribution in [2.75, 3.05) is 31.3 Å². The van der Waals surface area contributed by atoms with Crippen molar-refractivity contribution in [1.82, 2.24) is 10.1 Å². The summed E-state index contributed by atoms with van der Waals surface area (Å²) >= 11 is 0. The highest BCUT2D eigenvalue weighted by Crippen LogP contribution is 2.24. The van der Waals surface area contributed by atoms with Crippen molar-refractivity contribution < 1.29 is 14.1 Å². The van der Waals surface area contributed by atoms with Crippen LogP contribution in [0.25, 0.3) is 0 Å². The first kappa shape index (κ1) is 16.7. The topological polar surface area (TPSA) is 87.5 Å². The van der Waals surface area contributed by atoms with Gasteiger partial charge in [-0.25, -0.2) is 0 Å². The molecule has 2 rings (SSSR count). The van der Waals surface area contributed by atoms with Crippen molar-refractivity contribution >= 4 is 23.2 Å². The zero-order chi connectivity index (χ0) is 17.0. The average Bonchev–Trinajstić information content (AvgIpc) is 2.87. The molecule has 2 aromatic rings. The number of aromatic nitrogens is 1. The molecule has 1 aromatic heterocycles. The summed E-state index contributed by atoms with van der Waals surface area (Å²) in [6, 6.07) is 6.95. The van der Waals surface area contributed by atoms with E-state index >= 15 is 0 Å².